The van der Waals surface area contributed by atoms with E-state index < -0.39 is 0 Å². The van der Waals surface area contributed by atoms with Crippen LogP contribution in [0.2, 0.25) is 0 Å². The van der Waals surface area contributed by atoms with Gasteiger partial charge < -0.3 is 8.98 Å². The standard InChI is InChI=1S/C39H24N2O/c1-3-12-35-31(9-1)34-23-27(28-16-20-33-32-10-2-4-13-37(32)42-38(33)24-28)17-21-36(34)41(35)29-18-14-25(15-19-29)30-11-5-7-26-8-6-22-40-39(26)30/h1-24H. The summed E-state index contributed by atoms with van der Waals surface area (Å²) in [5.41, 5.74) is 11.0. The molecule has 6 aromatic carbocycles. The zero-order valence-electron chi connectivity index (χ0n) is 22.7. The summed E-state index contributed by atoms with van der Waals surface area (Å²) in [6.45, 7) is 0. The minimum absolute atomic E-state index is 0.915. The van der Waals surface area contributed by atoms with Gasteiger partial charge in [-0.2, -0.15) is 0 Å². The van der Waals surface area contributed by atoms with E-state index in [9.17, 15) is 0 Å². The highest BCUT2D eigenvalue weighted by Crippen LogP contribution is 2.37. The molecule has 0 amide bonds. The number of para-hydroxylation sites is 3. The van der Waals surface area contributed by atoms with Gasteiger partial charge in [0, 0.05) is 44.4 Å². The molecule has 0 radical (unpaired) electrons. The zero-order valence-corrected chi connectivity index (χ0v) is 22.7. The van der Waals surface area contributed by atoms with Gasteiger partial charge >= 0.3 is 0 Å². The normalized spacial score (nSPS) is 11.8. The lowest BCUT2D eigenvalue weighted by Crippen LogP contribution is -1.94. The van der Waals surface area contributed by atoms with Crippen molar-refractivity contribution in [3.8, 4) is 27.9 Å². The average Bonchev–Trinajstić information content (AvgIpc) is 3.59. The largest absolute Gasteiger partial charge is 0.456 e. The van der Waals surface area contributed by atoms with Crippen LogP contribution in [0.5, 0.6) is 0 Å². The van der Waals surface area contributed by atoms with Gasteiger partial charge in [0.1, 0.15) is 11.2 Å². The van der Waals surface area contributed by atoms with E-state index in [-0.39, 0.29) is 0 Å². The number of nitrogens with zero attached hydrogens (tertiary/aromatic N) is 2. The number of fused-ring (bicyclic) bond motifs is 7. The Balaban J connectivity index is 1.18. The van der Waals surface area contributed by atoms with E-state index >= 15 is 0 Å². The van der Waals surface area contributed by atoms with Crippen molar-refractivity contribution in [1.82, 2.24) is 9.55 Å². The lowest BCUT2D eigenvalue weighted by molar-refractivity contribution is 0.669. The van der Waals surface area contributed by atoms with Crippen molar-refractivity contribution in [3.05, 3.63) is 146 Å². The SMILES string of the molecule is c1cnc2c(-c3ccc(-n4c5ccccc5c5cc(-c6ccc7c(c6)oc6ccccc67)ccc54)cc3)cccc2c1. The number of hydrogen-bond acceptors (Lipinski definition) is 2. The molecule has 0 N–H and O–H groups in total. The van der Waals surface area contributed by atoms with Gasteiger partial charge in [-0.3, -0.25) is 4.98 Å². The average molecular weight is 537 g/mol. The number of aromatic nitrogens is 2. The fraction of sp³-hybridized carbons (Fsp3) is 0. The second kappa shape index (κ2) is 8.92. The van der Waals surface area contributed by atoms with Crippen molar-refractivity contribution in [1.29, 1.82) is 0 Å². The highest BCUT2D eigenvalue weighted by molar-refractivity contribution is 6.11. The number of hydrogen-bond donors (Lipinski definition) is 0. The second-order valence-corrected chi connectivity index (χ2v) is 10.8. The highest BCUT2D eigenvalue weighted by Gasteiger charge is 2.15. The molecular formula is C39H24N2O. The monoisotopic (exact) mass is 536 g/mol. The summed E-state index contributed by atoms with van der Waals surface area (Å²) in [6, 6.07) is 49.5. The van der Waals surface area contributed by atoms with Crippen LogP contribution in [0.1, 0.15) is 0 Å². The van der Waals surface area contributed by atoms with E-state index in [0.717, 1.165) is 55.2 Å². The lowest BCUT2D eigenvalue weighted by Gasteiger charge is -2.11. The number of benzene rings is 6. The van der Waals surface area contributed by atoms with Gasteiger partial charge in [0.25, 0.3) is 0 Å². The predicted octanol–water partition coefficient (Wildman–Crippen LogP) is 10.6. The first-order valence-corrected chi connectivity index (χ1v) is 14.2. The molecule has 9 aromatic rings. The number of pyridine rings is 1. The van der Waals surface area contributed by atoms with Crippen LogP contribution in [0, 0.1) is 0 Å². The lowest BCUT2D eigenvalue weighted by atomic mass is 10.0. The number of furan rings is 1. The molecule has 3 heterocycles. The first-order valence-electron chi connectivity index (χ1n) is 14.2. The Labute approximate surface area is 241 Å². The van der Waals surface area contributed by atoms with Gasteiger partial charge in [0.15, 0.2) is 0 Å². The van der Waals surface area contributed by atoms with Crippen LogP contribution >= 0.6 is 0 Å². The molecule has 0 unspecified atom stereocenters. The van der Waals surface area contributed by atoms with Crippen molar-refractivity contribution in [2.45, 2.75) is 0 Å². The molecule has 0 atom stereocenters. The Morgan fingerprint density at radius 2 is 1.19 bits per heavy atom. The Morgan fingerprint density at radius 3 is 2.12 bits per heavy atom. The van der Waals surface area contributed by atoms with Crippen LogP contribution in [0.25, 0.3) is 82.6 Å². The minimum Gasteiger partial charge on any atom is -0.456 e. The van der Waals surface area contributed by atoms with Gasteiger partial charge in [-0.05, 0) is 71.3 Å². The van der Waals surface area contributed by atoms with E-state index in [0.29, 0.717) is 0 Å². The number of rotatable bonds is 3. The Bertz CT molecular complexity index is 2460. The van der Waals surface area contributed by atoms with Crippen LogP contribution in [-0.4, -0.2) is 9.55 Å². The molecule has 0 bridgehead atoms. The Kier molecular flexibility index (Phi) is 4.90. The molecule has 3 heteroatoms. The molecule has 3 nitrogen and oxygen atoms in total. The van der Waals surface area contributed by atoms with Crippen molar-refractivity contribution in [3.63, 3.8) is 0 Å². The van der Waals surface area contributed by atoms with Crippen LogP contribution in [0.4, 0.5) is 0 Å². The third-order valence-corrected chi connectivity index (χ3v) is 8.45. The maximum absolute atomic E-state index is 6.19. The molecule has 0 saturated carbocycles. The summed E-state index contributed by atoms with van der Waals surface area (Å²) in [4.78, 5) is 4.66. The smallest absolute Gasteiger partial charge is 0.136 e. The molecule has 3 aromatic heterocycles. The summed E-state index contributed by atoms with van der Waals surface area (Å²) in [6.07, 6.45) is 1.86. The van der Waals surface area contributed by atoms with Crippen molar-refractivity contribution in [2.24, 2.45) is 0 Å². The van der Waals surface area contributed by atoms with Gasteiger partial charge in [-0.25, -0.2) is 0 Å². The first kappa shape index (κ1) is 23.1. The van der Waals surface area contributed by atoms with Crippen molar-refractivity contribution >= 4 is 54.6 Å². The molecule has 0 aliphatic carbocycles. The summed E-state index contributed by atoms with van der Waals surface area (Å²) in [5.74, 6) is 0. The maximum atomic E-state index is 6.19. The molecule has 196 valence electrons. The molecule has 9 rings (SSSR count). The molecule has 0 aliphatic heterocycles. The maximum Gasteiger partial charge on any atom is 0.136 e. The molecule has 0 fully saturated rings. The summed E-state index contributed by atoms with van der Waals surface area (Å²) in [5, 5.41) is 5.92. The van der Waals surface area contributed by atoms with Gasteiger partial charge in [0.2, 0.25) is 0 Å². The Hall–Kier alpha value is -5.67. The van der Waals surface area contributed by atoms with Crippen LogP contribution in [0.15, 0.2) is 150 Å². The molecule has 42 heavy (non-hydrogen) atoms. The van der Waals surface area contributed by atoms with E-state index in [1.807, 2.05) is 24.4 Å². The fourth-order valence-corrected chi connectivity index (χ4v) is 6.46. The third kappa shape index (κ3) is 3.44. The molecular weight excluding hydrogens is 512 g/mol. The topological polar surface area (TPSA) is 31.0 Å². The van der Waals surface area contributed by atoms with Crippen LogP contribution in [0.3, 0.4) is 0 Å². The van der Waals surface area contributed by atoms with Gasteiger partial charge in [0.05, 0.1) is 16.6 Å². The minimum atomic E-state index is 0.915. The highest BCUT2D eigenvalue weighted by atomic mass is 16.3. The van der Waals surface area contributed by atoms with E-state index in [1.54, 1.807) is 0 Å². The van der Waals surface area contributed by atoms with Gasteiger partial charge in [-0.15, -0.1) is 0 Å². The van der Waals surface area contributed by atoms with Gasteiger partial charge in [-0.1, -0.05) is 84.9 Å². The van der Waals surface area contributed by atoms with Crippen LogP contribution < -0.4 is 0 Å². The quantitative estimate of drug-likeness (QED) is 0.225. The summed E-state index contributed by atoms with van der Waals surface area (Å²) in [7, 11) is 0. The van der Waals surface area contributed by atoms with Crippen molar-refractivity contribution < 1.29 is 4.42 Å². The van der Waals surface area contributed by atoms with Crippen molar-refractivity contribution in [2.75, 3.05) is 0 Å². The Morgan fingerprint density at radius 1 is 0.476 bits per heavy atom. The molecule has 0 spiro atoms. The molecule has 0 saturated heterocycles. The summed E-state index contributed by atoms with van der Waals surface area (Å²) < 4.78 is 8.55. The zero-order chi connectivity index (χ0) is 27.6. The molecule has 0 aliphatic rings. The predicted molar refractivity (Wildman–Crippen MR) is 174 cm³/mol. The first-order chi connectivity index (χ1) is 20.8. The van der Waals surface area contributed by atoms with E-state index in [1.165, 1.54) is 27.4 Å². The van der Waals surface area contributed by atoms with E-state index in [4.69, 9.17) is 4.42 Å². The van der Waals surface area contributed by atoms with Crippen LogP contribution in [-0.2, 0) is 0 Å². The third-order valence-electron chi connectivity index (χ3n) is 8.45. The van der Waals surface area contributed by atoms with E-state index in [2.05, 4.69) is 131 Å². The fourth-order valence-electron chi connectivity index (χ4n) is 6.46. The summed E-state index contributed by atoms with van der Waals surface area (Å²) >= 11 is 0. The second-order valence-electron chi connectivity index (χ2n) is 10.8.